The van der Waals surface area contributed by atoms with Crippen molar-refractivity contribution >= 4 is 29.6 Å². The van der Waals surface area contributed by atoms with E-state index in [0.717, 1.165) is 5.75 Å². The van der Waals surface area contributed by atoms with E-state index in [1.165, 1.54) is 0 Å². The van der Waals surface area contributed by atoms with Gasteiger partial charge in [-0.2, -0.15) is 0 Å². The molecule has 0 heterocycles. The van der Waals surface area contributed by atoms with Crippen molar-refractivity contribution in [3.05, 3.63) is 43.0 Å². The van der Waals surface area contributed by atoms with Crippen LogP contribution in [0.5, 0.6) is 5.75 Å². The Balaban J connectivity index is 0.000001000. The molecule has 0 aliphatic rings. The van der Waals surface area contributed by atoms with Crippen LogP contribution in [0.4, 0.5) is 0 Å². The second kappa shape index (κ2) is 6.47. The van der Waals surface area contributed by atoms with E-state index in [0.29, 0.717) is 6.61 Å². The molecule has 11 heavy (non-hydrogen) atoms. The molecule has 0 aliphatic heterocycles. The van der Waals surface area contributed by atoms with E-state index in [4.69, 9.17) is 4.74 Å². The van der Waals surface area contributed by atoms with Gasteiger partial charge in [0, 0.05) is 0 Å². The summed E-state index contributed by atoms with van der Waals surface area (Å²) in [5, 5.41) is 0. The number of para-hydroxylation sites is 1. The van der Waals surface area contributed by atoms with Crippen molar-refractivity contribution in [3.63, 3.8) is 0 Å². The van der Waals surface area contributed by atoms with Gasteiger partial charge in [0.25, 0.3) is 0 Å². The molecule has 0 N–H and O–H groups in total. The van der Waals surface area contributed by atoms with Gasteiger partial charge in [-0.25, -0.2) is 0 Å². The Bertz CT molecular complexity index is 196. The molecule has 0 saturated heterocycles. The first kappa shape index (κ1) is 10.8. The van der Waals surface area contributed by atoms with Crippen LogP contribution in [0.15, 0.2) is 43.0 Å². The maximum absolute atomic E-state index is 5.24. The van der Waals surface area contributed by atoms with Gasteiger partial charge in [-0.15, -0.1) is 0 Å². The number of benzene rings is 1. The summed E-state index contributed by atoms with van der Waals surface area (Å²) in [6.45, 7) is 4.12. The zero-order valence-corrected chi connectivity index (χ0v) is 5.79. The molecule has 0 atom stereocenters. The summed E-state index contributed by atoms with van der Waals surface area (Å²) in [6.07, 6.45) is 1.73. The summed E-state index contributed by atoms with van der Waals surface area (Å²) in [6, 6.07) is 9.69. The van der Waals surface area contributed by atoms with Crippen LogP contribution in [-0.2, 0) is 0 Å². The Kier molecular flexibility index (Phi) is 6.33. The van der Waals surface area contributed by atoms with Gasteiger partial charge in [-0.3, -0.25) is 0 Å². The summed E-state index contributed by atoms with van der Waals surface area (Å²) < 4.78 is 5.24. The van der Waals surface area contributed by atoms with Crippen LogP contribution in [0.1, 0.15) is 0 Å². The minimum absolute atomic E-state index is 0. The summed E-state index contributed by atoms with van der Waals surface area (Å²) in [4.78, 5) is 0. The molecule has 2 heteroatoms. The summed E-state index contributed by atoms with van der Waals surface area (Å²) in [7, 11) is 0. The minimum atomic E-state index is 0. The molecule has 54 valence electrons. The predicted molar refractivity (Wildman–Crippen MR) is 49.3 cm³/mol. The van der Waals surface area contributed by atoms with Gasteiger partial charge >= 0.3 is 29.6 Å². The SMILES string of the molecule is C=CCOc1ccccc1.[NaH]. The van der Waals surface area contributed by atoms with Crippen LogP contribution in [0.3, 0.4) is 0 Å². The van der Waals surface area contributed by atoms with E-state index in [1.54, 1.807) is 6.08 Å². The van der Waals surface area contributed by atoms with E-state index in [9.17, 15) is 0 Å². The van der Waals surface area contributed by atoms with Crippen LogP contribution < -0.4 is 4.74 Å². The quantitative estimate of drug-likeness (QED) is 0.479. The van der Waals surface area contributed by atoms with Crippen LogP contribution in [0, 0.1) is 0 Å². The Morgan fingerprint density at radius 3 is 2.45 bits per heavy atom. The zero-order valence-electron chi connectivity index (χ0n) is 5.79. The molecule has 0 aliphatic carbocycles. The molecule has 0 fully saturated rings. The van der Waals surface area contributed by atoms with Gasteiger partial charge in [0.1, 0.15) is 12.4 Å². The first-order valence-corrected chi connectivity index (χ1v) is 3.22. The van der Waals surface area contributed by atoms with Gasteiger partial charge in [0.05, 0.1) is 0 Å². The van der Waals surface area contributed by atoms with Gasteiger partial charge in [-0.05, 0) is 12.1 Å². The second-order valence-corrected chi connectivity index (χ2v) is 1.91. The summed E-state index contributed by atoms with van der Waals surface area (Å²) >= 11 is 0. The van der Waals surface area contributed by atoms with E-state index >= 15 is 0 Å². The third-order valence-corrected chi connectivity index (χ3v) is 1.11. The van der Waals surface area contributed by atoms with Crippen molar-refractivity contribution in [2.24, 2.45) is 0 Å². The molecule has 0 saturated carbocycles. The Morgan fingerprint density at radius 2 is 1.91 bits per heavy atom. The fraction of sp³-hybridized carbons (Fsp3) is 0.111. The molecule has 0 bridgehead atoms. The average Bonchev–Trinajstić information content (AvgIpc) is 2.03. The van der Waals surface area contributed by atoms with E-state index in [-0.39, 0.29) is 29.6 Å². The van der Waals surface area contributed by atoms with Crippen molar-refractivity contribution in [2.45, 2.75) is 0 Å². The fourth-order valence-electron chi connectivity index (χ4n) is 0.672. The Hall–Kier alpha value is -0.240. The zero-order chi connectivity index (χ0) is 7.23. The summed E-state index contributed by atoms with van der Waals surface area (Å²) in [5.74, 6) is 0.891. The van der Waals surface area contributed by atoms with Crippen molar-refractivity contribution in [1.82, 2.24) is 0 Å². The van der Waals surface area contributed by atoms with E-state index in [1.807, 2.05) is 30.3 Å². The summed E-state index contributed by atoms with van der Waals surface area (Å²) in [5.41, 5.74) is 0. The molecule has 1 rings (SSSR count). The van der Waals surface area contributed by atoms with Crippen molar-refractivity contribution in [3.8, 4) is 5.75 Å². The van der Waals surface area contributed by atoms with E-state index in [2.05, 4.69) is 6.58 Å². The van der Waals surface area contributed by atoms with Crippen molar-refractivity contribution < 1.29 is 4.74 Å². The molecule has 1 aromatic carbocycles. The van der Waals surface area contributed by atoms with Gasteiger partial charge in [0.2, 0.25) is 0 Å². The normalized spacial score (nSPS) is 8.00. The van der Waals surface area contributed by atoms with Crippen LogP contribution in [-0.4, -0.2) is 36.2 Å². The predicted octanol–water partition coefficient (Wildman–Crippen LogP) is 1.60. The third kappa shape index (κ3) is 4.25. The maximum atomic E-state index is 5.24. The molecule has 0 unspecified atom stereocenters. The number of hydrogen-bond donors (Lipinski definition) is 0. The molecule has 0 radical (unpaired) electrons. The topological polar surface area (TPSA) is 9.23 Å². The van der Waals surface area contributed by atoms with Crippen LogP contribution in [0.2, 0.25) is 0 Å². The first-order valence-electron chi connectivity index (χ1n) is 3.22. The van der Waals surface area contributed by atoms with Gasteiger partial charge in [0.15, 0.2) is 0 Å². The number of ether oxygens (including phenoxy) is 1. The van der Waals surface area contributed by atoms with Crippen LogP contribution >= 0.6 is 0 Å². The first-order chi connectivity index (χ1) is 4.93. The molecular weight excluding hydrogens is 147 g/mol. The van der Waals surface area contributed by atoms with Crippen LogP contribution in [0.25, 0.3) is 0 Å². The standard InChI is InChI=1S/C9H10O.Na.H/c1-2-8-10-9-6-4-3-5-7-9;;/h2-7H,1,8H2;;. The monoisotopic (exact) mass is 158 g/mol. The fourth-order valence-corrected chi connectivity index (χ4v) is 0.672. The number of hydrogen-bond acceptors (Lipinski definition) is 1. The van der Waals surface area contributed by atoms with E-state index < -0.39 is 0 Å². The Morgan fingerprint density at radius 1 is 1.27 bits per heavy atom. The average molecular weight is 158 g/mol. The molecule has 1 aromatic rings. The van der Waals surface area contributed by atoms with Crippen molar-refractivity contribution in [2.75, 3.05) is 6.61 Å². The molecule has 0 amide bonds. The number of rotatable bonds is 3. The molecule has 0 aromatic heterocycles. The second-order valence-electron chi connectivity index (χ2n) is 1.91. The molecular formula is C9H11NaO. The Labute approximate surface area is 89.4 Å². The van der Waals surface area contributed by atoms with Gasteiger partial charge in [-0.1, -0.05) is 30.9 Å². The molecule has 0 spiro atoms. The molecule has 1 nitrogen and oxygen atoms in total. The van der Waals surface area contributed by atoms with Gasteiger partial charge < -0.3 is 4.74 Å². The third-order valence-electron chi connectivity index (χ3n) is 1.11. The van der Waals surface area contributed by atoms with Crippen molar-refractivity contribution in [1.29, 1.82) is 0 Å².